The van der Waals surface area contributed by atoms with Crippen molar-refractivity contribution in [2.45, 2.75) is 34.6 Å². The van der Waals surface area contributed by atoms with Gasteiger partial charge >= 0.3 is 6.03 Å². The van der Waals surface area contributed by atoms with Crippen LogP contribution in [-0.4, -0.2) is 55.6 Å². The zero-order chi connectivity index (χ0) is 14.4. The van der Waals surface area contributed by atoms with E-state index in [1.54, 1.807) is 6.92 Å². The normalized spacial score (nSPS) is 14.0. The van der Waals surface area contributed by atoms with Gasteiger partial charge in [0, 0.05) is 26.2 Å². The molecule has 0 atom stereocenters. The lowest BCUT2D eigenvalue weighted by molar-refractivity contribution is 0.155. The largest absolute Gasteiger partial charge is 0.327 e. The summed E-state index contributed by atoms with van der Waals surface area (Å²) in [6.07, 6.45) is 0. The van der Waals surface area contributed by atoms with Gasteiger partial charge < -0.3 is 15.1 Å². The molecule has 18 heavy (non-hydrogen) atoms. The Bertz CT molecular complexity index is 248. The highest BCUT2D eigenvalue weighted by atomic mass is 16.2. The third-order valence-electron chi connectivity index (χ3n) is 2.30. The third-order valence-corrected chi connectivity index (χ3v) is 2.30. The minimum atomic E-state index is 0.000787. The fourth-order valence-corrected chi connectivity index (χ4v) is 1.33. The molecule has 0 aromatic carbocycles. The van der Waals surface area contributed by atoms with E-state index in [-0.39, 0.29) is 6.03 Å². The van der Waals surface area contributed by atoms with Gasteiger partial charge in [0.05, 0.1) is 6.54 Å². The van der Waals surface area contributed by atoms with Crippen molar-refractivity contribution < 1.29 is 4.79 Å². The number of carbonyl (C=O) groups excluding carboxylic acids is 1. The molecule has 0 unspecified atom stereocenters. The van der Waals surface area contributed by atoms with Crippen molar-refractivity contribution in [1.82, 2.24) is 15.1 Å². The number of carbonyl (C=O) groups is 1. The van der Waals surface area contributed by atoms with E-state index in [9.17, 15) is 4.79 Å². The zero-order valence-corrected chi connectivity index (χ0v) is 12.8. The van der Waals surface area contributed by atoms with Crippen molar-refractivity contribution >= 4 is 6.03 Å². The highest BCUT2D eigenvalue weighted by Gasteiger charge is 2.17. The van der Waals surface area contributed by atoms with Gasteiger partial charge in [-0.1, -0.05) is 33.6 Å². The first kappa shape index (κ1) is 19.1. The second kappa shape index (κ2) is 13.9. The van der Waals surface area contributed by atoms with Gasteiger partial charge in [0.1, 0.15) is 0 Å². The van der Waals surface area contributed by atoms with Gasteiger partial charge in [-0.05, 0) is 14.0 Å². The molecule has 1 saturated heterocycles. The quantitative estimate of drug-likeness (QED) is 0.728. The van der Waals surface area contributed by atoms with Crippen LogP contribution >= 0.6 is 0 Å². The molecular formula is C14H29N3O. The Hall–Kier alpha value is -1.21. The molecule has 1 N–H and O–H groups in total. The molecule has 1 fully saturated rings. The van der Waals surface area contributed by atoms with Gasteiger partial charge in [-0.3, -0.25) is 0 Å². The summed E-state index contributed by atoms with van der Waals surface area (Å²) in [7, 11) is 2.07. The highest BCUT2D eigenvalue weighted by molar-refractivity contribution is 5.74. The molecule has 0 radical (unpaired) electrons. The summed E-state index contributed by atoms with van der Waals surface area (Å²) in [5, 5.41) is 2.76. The fraction of sp³-hybridized carbons (Fsp3) is 0.786. The Kier molecular flexibility index (Phi) is 14.7. The molecule has 1 aliphatic heterocycles. The summed E-state index contributed by atoms with van der Waals surface area (Å²) in [6.45, 7) is 13.7. The van der Waals surface area contributed by atoms with E-state index in [1.165, 1.54) is 0 Å². The molecule has 0 bridgehead atoms. The molecule has 0 saturated carbocycles. The number of hydrogen-bond acceptors (Lipinski definition) is 2. The molecule has 0 aromatic heterocycles. The average Bonchev–Trinajstić information content (AvgIpc) is 2.44. The van der Waals surface area contributed by atoms with Crippen LogP contribution in [0.15, 0.2) is 0 Å². The summed E-state index contributed by atoms with van der Waals surface area (Å²) in [4.78, 5) is 15.6. The number of nitrogens with zero attached hydrogens (tertiary/aromatic N) is 2. The number of urea groups is 1. The monoisotopic (exact) mass is 255 g/mol. The van der Waals surface area contributed by atoms with Crippen LogP contribution in [0.5, 0.6) is 0 Å². The molecule has 0 spiro atoms. The first-order valence-corrected chi connectivity index (χ1v) is 6.85. The van der Waals surface area contributed by atoms with Gasteiger partial charge in [-0.15, -0.1) is 5.92 Å². The summed E-state index contributed by atoms with van der Waals surface area (Å²) >= 11 is 0. The molecule has 1 aliphatic rings. The van der Waals surface area contributed by atoms with Crippen molar-refractivity contribution in [3.8, 4) is 11.8 Å². The minimum Gasteiger partial charge on any atom is -0.327 e. The fourth-order valence-electron chi connectivity index (χ4n) is 1.33. The molecule has 106 valence electrons. The third kappa shape index (κ3) is 8.89. The first-order chi connectivity index (χ1) is 8.74. The van der Waals surface area contributed by atoms with E-state index in [0.717, 1.165) is 26.2 Å². The number of nitrogens with one attached hydrogen (secondary N) is 1. The van der Waals surface area contributed by atoms with E-state index in [4.69, 9.17) is 0 Å². The maximum Gasteiger partial charge on any atom is 0.318 e. The number of likely N-dealkylation sites (N-methyl/N-ethyl adjacent to an activating group) is 1. The Balaban J connectivity index is 0. The molecule has 4 heteroatoms. The Morgan fingerprint density at radius 2 is 1.61 bits per heavy atom. The molecule has 0 aromatic rings. The van der Waals surface area contributed by atoms with Crippen molar-refractivity contribution in [3.63, 3.8) is 0 Å². The molecule has 1 rings (SSSR count). The smallest absolute Gasteiger partial charge is 0.318 e. The summed E-state index contributed by atoms with van der Waals surface area (Å²) in [5.74, 6) is 5.55. The Morgan fingerprint density at radius 3 is 2.06 bits per heavy atom. The lowest BCUT2D eigenvalue weighted by Crippen LogP contribution is -2.50. The van der Waals surface area contributed by atoms with E-state index < -0.39 is 0 Å². The topological polar surface area (TPSA) is 35.6 Å². The van der Waals surface area contributed by atoms with Crippen molar-refractivity contribution in [3.05, 3.63) is 0 Å². The predicted octanol–water partition coefficient (Wildman–Crippen LogP) is 2.02. The zero-order valence-electron chi connectivity index (χ0n) is 12.8. The van der Waals surface area contributed by atoms with Crippen LogP contribution < -0.4 is 5.32 Å². The van der Waals surface area contributed by atoms with Gasteiger partial charge in [-0.25, -0.2) is 4.79 Å². The van der Waals surface area contributed by atoms with E-state index in [1.807, 2.05) is 32.6 Å². The van der Waals surface area contributed by atoms with Crippen LogP contribution in [0, 0.1) is 11.8 Å². The van der Waals surface area contributed by atoms with Crippen molar-refractivity contribution in [1.29, 1.82) is 0 Å². The number of hydrogen-bond donors (Lipinski definition) is 1. The van der Waals surface area contributed by atoms with E-state index in [0.29, 0.717) is 6.54 Å². The molecule has 0 aliphatic carbocycles. The molecular weight excluding hydrogens is 226 g/mol. The summed E-state index contributed by atoms with van der Waals surface area (Å²) in [5.41, 5.74) is 0. The van der Waals surface area contributed by atoms with Crippen LogP contribution in [0.25, 0.3) is 0 Å². The summed E-state index contributed by atoms with van der Waals surface area (Å²) in [6, 6.07) is 0.000787. The van der Waals surface area contributed by atoms with Crippen LogP contribution in [0.2, 0.25) is 0 Å². The van der Waals surface area contributed by atoms with Crippen LogP contribution in [0.1, 0.15) is 34.6 Å². The lowest BCUT2D eigenvalue weighted by atomic mass is 10.3. The molecule has 1 heterocycles. The van der Waals surface area contributed by atoms with Gasteiger partial charge in [-0.2, -0.15) is 0 Å². The van der Waals surface area contributed by atoms with Gasteiger partial charge in [0.15, 0.2) is 0 Å². The first-order valence-electron chi connectivity index (χ1n) is 6.85. The highest BCUT2D eigenvalue weighted by Crippen LogP contribution is 1.98. The lowest BCUT2D eigenvalue weighted by Gasteiger charge is -2.32. The van der Waals surface area contributed by atoms with Crippen LogP contribution in [0.4, 0.5) is 4.79 Å². The van der Waals surface area contributed by atoms with Crippen LogP contribution in [-0.2, 0) is 0 Å². The minimum absolute atomic E-state index is 0.000787. The second-order valence-electron chi connectivity index (χ2n) is 3.38. The van der Waals surface area contributed by atoms with E-state index >= 15 is 0 Å². The van der Waals surface area contributed by atoms with Gasteiger partial charge in [0.25, 0.3) is 0 Å². The van der Waals surface area contributed by atoms with E-state index in [2.05, 4.69) is 29.1 Å². The second-order valence-corrected chi connectivity index (χ2v) is 3.38. The summed E-state index contributed by atoms with van der Waals surface area (Å²) < 4.78 is 0. The van der Waals surface area contributed by atoms with Crippen molar-refractivity contribution in [2.75, 3.05) is 39.8 Å². The Labute approximate surface area is 113 Å². The number of amides is 2. The standard InChI is InChI=1S/C10H17N3O.2C2H6/c1-3-4-5-11-10(14)13-8-6-12(2)7-9-13;2*1-2/h5-9H2,1-2H3,(H,11,14);2*1-2H3. The predicted molar refractivity (Wildman–Crippen MR) is 78.6 cm³/mol. The maximum absolute atomic E-state index is 11.5. The number of piperazine rings is 1. The number of rotatable bonds is 1. The molecule has 2 amide bonds. The maximum atomic E-state index is 11.5. The Morgan fingerprint density at radius 1 is 1.11 bits per heavy atom. The van der Waals surface area contributed by atoms with Crippen molar-refractivity contribution in [2.24, 2.45) is 0 Å². The van der Waals surface area contributed by atoms with Crippen LogP contribution in [0.3, 0.4) is 0 Å². The molecule has 4 nitrogen and oxygen atoms in total. The average molecular weight is 255 g/mol. The SMILES string of the molecule is CC.CC.CC#CCNC(=O)N1CCN(C)CC1. The van der Waals surface area contributed by atoms with Gasteiger partial charge in [0.2, 0.25) is 0 Å².